The predicted octanol–water partition coefficient (Wildman–Crippen LogP) is 4.09. The van der Waals surface area contributed by atoms with Gasteiger partial charge in [0.1, 0.15) is 6.61 Å². The minimum absolute atomic E-state index is 0.000627. The van der Waals surface area contributed by atoms with Crippen LogP contribution in [0.5, 0.6) is 11.5 Å². The van der Waals surface area contributed by atoms with Gasteiger partial charge in [0.15, 0.2) is 11.5 Å². The number of nitro groups is 1. The van der Waals surface area contributed by atoms with Crippen LogP contribution < -0.4 is 14.8 Å². The number of ether oxygens (including phenoxy) is 2. The average molecular weight is 409 g/mol. The third-order valence-electron chi connectivity index (χ3n) is 4.11. The molecule has 0 fully saturated rings. The molecule has 0 saturated heterocycles. The lowest BCUT2D eigenvalue weighted by Gasteiger charge is -2.24. The van der Waals surface area contributed by atoms with Crippen molar-refractivity contribution in [1.29, 1.82) is 0 Å². The van der Waals surface area contributed by atoms with E-state index in [9.17, 15) is 15.2 Å². The normalized spacial score (nSPS) is 11.3. The van der Waals surface area contributed by atoms with Gasteiger partial charge in [-0.1, -0.05) is 11.6 Å². The molecule has 7 nitrogen and oxygen atoms in total. The Morgan fingerprint density at radius 2 is 1.82 bits per heavy atom. The maximum atomic E-state index is 10.7. The molecule has 0 aromatic heterocycles. The highest BCUT2D eigenvalue weighted by atomic mass is 35.5. The number of non-ortho nitro benzene ring substituents is 1. The molecule has 0 aliphatic carbocycles. The van der Waals surface area contributed by atoms with E-state index in [4.69, 9.17) is 21.1 Å². The lowest BCUT2D eigenvalue weighted by atomic mass is 10.1. The van der Waals surface area contributed by atoms with Crippen LogP contribution in [0.3, 0.4) is 0 Å². The molecule has 2 aromatic carbocycles. The van der Waals surface area contributed by atoms with Crippen LogP contribution in [0.2, 0.25) is 5.02 Å². The second kappa shape index (κ2) is 9.73. The molecule has 2 N–H and O–H groups in total. The Morgan fingerprint density at radius 3 is 2.39 bits per heavy atom. The first-order valence-corrected chi connectivity index (χ1v) is 9.30. The quantitative estimate of drug-likeness (QED) is 0.454. The number of nitro benzene ring substituents is 1. The summed E-state index contributed by atoms with van der Waals surface area (Å²) in [7, 11) is 0. The zero-order chi connectivity index (χ0) is 20.7. The zero-order valence-corrected chi connectivity index (χ0v) is 17.0. The summed E-state index contributed by atoms with van der Waals surface area (Å²) in [4.78, 5) is 10.3. The molecule has 152 valence electrons. The maximum absolute atomic E-state index is 10.7. The first kappa shape index (κ1) is 21.9. The van der Waals surface area contributed by atoms with Crippen LogP contribution in [0, 0.1) is 10.1 Å². The van der Waals surface area contributed by atoms with Gasteiger partial charge in [-0.25, -0.2) is 0 Å². The van der Waals surface area contributed by atoms with Crippen LogP contribution in [0.15, 0.2) is 36.4 Å². The SMILES string of the molecule is CCOc1cc(CNC(C)(C)CO)c(Cl)cc1OCc1ccc([N+](=O)[O-])cc1. The largest absolute Gasteiger partial charge is 0.490 e. The summed E-state index contributed by atoms with van der Waals surface area (Å²) < 4.78 is 11.5. The molecule has 0 atom stereocenters. The molecule has 0 aliphatic rings. The minimum atomic E-state index is -0.442. The van der Waals surface area contributed by atoms with E-state index in [1.165, 1.54) is 12.1 Å². The first-order chi connectivity index (χ1) is 13.3. The molecule has 0 bridgehead atoms. The van der Waals surface area contributed by atoms with Crippen LogP contribution in [-0.4, -0.2) is 28.8 Å². The standard InChI is InChI=1S/C20H25ClN2O5/c1-4-27-18-9-15(11-22-20(2,3)13-24)17(21)10-19(18)28-12-14-5-7-16(8-6-14)23(25)26/h5-10,22,24H,4,11-13H2,1-3H3. The van der Waals surface area contributed by atoms with Gasteiger partial charge in [0.2, 0.25) is 0 Å². The summed E-state index contributed by atoms with van der Waals surface area (Å²) in [5.74, 6) is 1.06. The number of aliphatic hydroxyl groups is 1. The molecule has 0 radical (unpaired) electrons. The van der Waals surface area contributed by atoms with Crippen molar-refractivity contribution in [1.82, 2.24) is 5.32 Å². The highest BCUT2D eigenvalue weighted by Crippen LogP contribution is 2.34. The number of hydrogen-bond acceptors (Lipinski definition) is 6. The van der Waals surface area contributed by atoms with Gasteiger partial charge in [0, 0.05) is 35.3 Å². The number of nitrogens with one attached hydrogen (secondary N) is 1. The molecular formula is C20H25ClN2O5. The van der Waals surface area contributed by atoms with Gasteiger partial charge >= 0.3 is 0 Å². The van der Waals surface area contributed by atoms with Crippen LogP contribution in [0.4, 0.5) is 5.69 Å². The highest BCUT2D eigenvalue weighted by Gasteiger charge is 2.17. The summed E-state index contributed by atoms with van der Waals surface area (Å²) >= 11 is 6.40. The number of hydrogen-bond donors (Lipinski definition) is 2. The van der Waals surface area contributed by atoms with E-state index in [1.807, 2.05) is 26.8 Å². The lowest BCUT2D eigenvalue weighted by molar-refractivity contribution is -0.384. The van der Waals surface area contributed by atoms with Crippen molar-refractivity contribution < 1.29 is 19.5 Å². The monoisotopic (exact) mass is 408 g/mol. The second-order valence-corrected chi connectivity index (χ2v) is 7.34. The van der Waals surface area contributed by atoms with Gasteiger partial charge in [-0.05, 0) is 50.1 Å². The Balaban J connectivity index is 2.14. The highest BCUT2D eigenvalue weighted by molar-refractivity contribution is 6.31. The maximum Gasteiger partial charge on any atom is 0.269 e. The predicted molar refractivity (Wildman–Crippen MR) is 108 cm³/mol. The minimum Gasteiger partial charge on any atom is -0.490 e. The topological polar surface area (TPSA) is 93.9 Å². The van der Waals surface area contributed by atoms with Crippen LogP contribution >= 0.6 is 11.6 Å². The summed E-state index contributed by atoms with van der Waals surface area (Å²) in [5.41, 5.74) is 1.22. The molecule has 8 heteroatoms. The van der Waals surface area contributed by atoms with Crippen molar-refractivity contribution in [2.45, 2.75) is 39.5 Å². The van der Waals surface area contributed by atoms with E-state index >= 15 is 0 Å². The number of rotatable bonds is 10. The fourth-order valence-corrected chi connectivity index (χ4v) is 2.58. The van der Waals surface area contributed by atoms with Gasteiger partial charge < -0.3 is 19.9 Å². The van der Waals surface area contributed by atoms with Gasteiger partial charge in [-0.15, -0.1) is 0 Å². The number of halogens is 1. The van der Waals surface area contributed by atoms with Gasteiger partial charge in [0.05, 0.1) is 18.1 Å². The zero-order valence-electron chi connectivity index (χ0n) is 16.2. The van der Waals surface area contributed by atoms with Crippen molar-refractivity contribution >= 4 is 17.3 Å². The van der Waals surface area contributed by atoms with Crippen molar-refractivity contribution in [3.63, 3.8) is 0 Å². The van der Waals surface area contributed by atoms with E-state index in [-0.39, 0.29) is 18.9 Å². The van der Waals surface area contributed by atoms with Gasteiger partial charge in [0.25, 0.3) is 5.69 Å². The van der Waals surface area contributed by atoms with E-state index in [1.54, 1.807) is 18.2 Å². The molecule has 0 aliphatic heterocycles. The van der Waals surface area contributed by atoms with Gasteiger partial charge in [-0.2, -0.15) is 0 Å². The fraction of sp³-hybridized carbons (Fsp3) is 0.400. The molecule has 28 heavy (non-hydrogen) atoms. The third kappa shape index (κ3) is 6.09. The van der Waals surface area contributed by atoms with Crippen LogP contribution in [-0.2, 0) is 13.2 Å². The summed E-state index contributed by atoms with van der Waals surface area (Å²) in [6.45, 7) is 6.82. The molecule has 0 saturated carbocycles. The van der Waals surface area contributed by atoms with Crippen molar-refractivity contribution in [3.8, 4) is 11.5 Å². The van der Waals surface area contributed by atoms with E-state index < -0.39 is 10.5 Å². The van der Waals surface area contributed by atoms with Crippen LogP contribution in [0.25, 0.3) is 0 Å². The Morgan fingerprint density at radius 1 is 1.18 bits per heavy atom. The summed E-state index contributed by atoms with van der Waals surface area (Å²) in [5, 5.41) is 23.9. The van der Waals surface area contributed by atoms with Crippen LogP contribution in [0.1, 0.15) is 31.9 Å². The Hall–Kier alpha value is -2.35. The van der Waals surface area contributed by atoms with E-state index in [0.29, 0.717) is 29.7 Å². The molecule has 0 unspecified atom stereocenters. The third-order valence-corrected chi connectivity index (χ3v) is 4.46. The Labute approximate surface area is 169 Å². The smallest absolute Gasteiger partial charge is 0.269 e. The van der Waals surface area contributed by atoms with E-state index in [0.717, 1.165) is 11.1 Å². The first-order valence-electron chi connectivity index (χ1n) is 8.93. The van der Waals surface area contributed by atoms with Crippen molar-refractivity contribution in [2.75, 3.05) is 13.2 Å². The lowest BCUT2D eigenvalue weighted by Crippen LogP contribution is -2.42. The van der Waals surface area contributed by atoms with Crippen molar-refractivity contribution in [3.05, 3.63) is 62.7 Å². The molecular weight excluding hydrogens is 384 g/mol. The molecule has 0 heterocycles. The Kier molecular flexibility index (Phi) is 7.62. The summed E-state index contributed by atoms with van der Waals surface area (Å²) in [6, 6.07) is 9.68. The molecule has 2 rings (SSSR count). The molecule has 2 aromatic rings. The average Bonchev–Trinajstić information content (AvgIpc) is 2.67. The Bertz CT molecular complexity index is 809. The molecule has 0 spiro atoms. The second-order valence-electron chi connectivity index (χ2n) is 6.93. The number of benzene rings is 2. The van der Waals surface area contributed by atoms with E-state index in [2.05, 4.69) is 5.32 Å². The fourth-order valence-electron chi connectivity index (χ4n) is 2.36. The number of nitrogens with zero attached hydrogens (tertiary/aromatic N) is 1. The van der Waals surface area contributed by atoms with Crippen molar-refractivity contribution in [2.24, 2.45) is 0 Å². The summed E-state index contributed by atoms with van der Waals surface area (Å²) in [6.07, 6.45) is 0. The van der Waals surface area contributed by atoms with Gasteiger partial charge in [-0.3, -0.25) is 10.1 Å². The molecule has 0 amide bonds. The number of aliphatic hydroxyl groups excluding tert-OH is 1.